The van der Waals surface area contributed by atoms with Crippen molar-refractivity contribution >= 4 is 10.0 Å². The first-order valence-electron chi connectivity index (χ1n) is 7.46. The number of rotatable bonds is 3. The molecule has 1 aliphatic heterocycles. The van der Waals surface area contributed by atoms with Crippen LogP contribution in [0.4, 0.5) is 13.2 Å². The summed E-state index contributed by atoms with van der Waals surface area (Å²) in [4.78, 5) is -0.842. The first kappa shape index (κ1) is 17.9. The van der Waals surface area contributed by atoms with Crippen LogP contribution in [0.5, 0.6) is 0 Å². The number of aromatic nitrogens is 2. The Hall–Kier alpha value is -1.91. The van der Waals surface area contributed by atoms with E-state index in [-0.39, 0.29) is 19.8 Å². The van der Waals surface area contributed by atoms with Crippen LogP contribution in [0.15, 0.2) is 41.4 Å². The first-order valence-corrected chi connectivity index (χ1v) is 8.90. The highest BCUT2D eigenvalue weighted by molar-refractivity contribution is 7.89. The number of aryl methyl sites for hydroxylation is 1. The number of hydrogen-bond donors (Lipinski definition) is 0. The molecule has 2 heterocycles. The molecule has 1 fully saturated rings. The highest BCUT2D eigenvalue weighted by Gasteiger charge is 2.44. The van der Waals surface area contributed by atoms with E-state index in [2.05, 4.69) is 5.10 Å². The minimum absolute atomic E-state index is 0.0336. The van der Waals surface area contributed by atoms with Gasteiger partial charge in [-0.25, -0.2) is 8.42 Å². The van der Waals surface area contributed by atoms with E-state index in [1.165, 1.54) is 7.05 Å². The van der Waals surface area contributed by atoms with Gasteiger partial charge in [-0.3, -0.25) is 4.68 Å². The van der Waals surface area contributed by atoms with Crippen molar-refractivity contribution in [1.82, 2.24) is 14.1 Å². The molecule has 0 radical (unpaired) electrons. The second-order valence-electron chi connectivity index (χ2n) is 5.63. The molecule has 1 atom stereocenters. The second kappa shape index (κ2) is 6.43. The summed E-state index contributed by atoms with van der Waals surface area (Å²) < 4.78 is 72.8. The average molecular weight is 375 g/mol. The maximum Gasteiger partial charge on any atom is 0.436 e. The van der Waals surface area contributed by atoms with Crippen molar-refractivity contribution < 1.29 is 26.3 Å². The number of benzene rings is 1. The minimum atomic E-state index is -4.86. The van der Waals surface area contributed by atoms with Crippen molar-refractivity contribution in [3.05, 3.63) is 47.8 Å². The summed E-state index contributed by atoms with van der Waals surface area (Å²) in [7, 11) is -3.15. The molecule has 0 amide bonds. The van der Waals surface area contributed by atoms with Crippen LogP contribution in [0.1, 0.15) is 17.3 Å². The Morgan fingerprint density at radius 2 is 1.92 bits per heavy atom. The van der Waals surface area contributed by atoms with Gasteiger partial charge >= 0.3 is 6.18 Å². The van der Waals surface area contributed by atoms with Crippen molar-refractivity contribution in [1.29, 1.82) is 0 Å². The third kappa shape index (κ3) is 3.42. The van der Waals surface area contributed by atoms with Crippen LogP contribution in [-0.2, 0) is 28.0 Å². The monoisotopic (exact) mass is 375 g/mol. The lowest BCUT2D eigenvalue weighted by Crippen LogP contribution is -2.43. The first-order chi connectivity index (χ1) is 11.7. The smallest absolute Gasteiger partial charge is 0.378 e. The van der Waals surface area contributed by atoms with E-state index in [0.29, 0.717) is 5.56 Å². The van der Waals surface area contributed by atoms with Crippen molar-refractivity contribution in [2.24, 2.45) is 7.05 Å². The van der Waals surface area contributed by atoms with Crippen molar-refractivity contribution in [2.45, 2.75) is 17.1 Å². The van der Waals surface area contributed by atoms with Gasteiger partial charge in [0.15, 0.2) is 5.69 Å². The van der Waals surface area contributed by atoms with E-state index in [0.717, 1.165) is 15.2 Å². The lowest BCUT2D eigenvalue weighted by molar-refractivity contribution is -0.143. The zero-order valence-corrected chi connectivity index (χ0v) is 14.1. The molecule has 1 unspecified atom stereocenters. The number of morpholine rings is 1. The quantitative estimate of drug-likeness (QED) is 0.825. The van der Waals surface area contributed by atoms with Gasteiger partial charge in [-0.05, 0) is 5.56 Å². The standard InChI is InChI=1S/C15H16F3N3O3S/c1-20-9-13(14(19-20)15(16,17)18)25(22,23)21-7-8-24-10-12(21)11-5-3-2-4-6-11/h2-6,9,12H,7-8,10H2,1H3. The van der Waals surface area contributed by atoms with E-state index in [9.17, 15) is 21.6 Å². The Labute approximate surface area is 142 Å². The normalized spacial score (nSPS) is 19.9. The Morgan fingerprint density at radius 1 is 1.24 bits per heavy atom. The molecule has 6 nitrogen and oxygen atoms in total. The molecular weight excluding hydrogens is 359 g/mol. The lowest BCUT2D eigenvalue weighted by atomic mass is 10.1. The lowest BCUT2D eigenvalue weighted by Gasteiger charge is -2.34. The molecule has 1 aromatic carbocycles. The zero-order valence-electron chi connectivity index (χ0n) is 13.3. The number of sulfonamides is 1. The third-order valence-corrected chi connectivity index (χ3v) is 5.82. The molecule has 0 bridgehead atoms. The summed E-state index contributed by atoms with van der Waals surface area (Å²) in [5.41, 5.74) is -0.753. The van der Waals surface area contributed by atoms with Crippen LogP contribution >= 0.6 is 0 Å². The van der Waals surface area contributed by atoms with Gasteiger partial charge in [-0.2, -0.15) is 22.6 Å². The number of ether oxygens (including phenoxy) is 1. The molecular formula is C15H16F3N3O3S. The molecule has 3 rings (SSSR count). The summed E-state index contributed by atoms with van der Waals surface area (Å²) in [5, 5.41) is 3.30. The Bertz CT molecular complexity index is 850. The van der Waals surface area contributed by atoms with Gasteiger partial charge in [-0.15, -0.1) is 0 Å². The molecule has 25 heavy (non-hydrogen) atoms. The van der Waals surface area contributed by atoms with E-state index in [4.69, 9.17) is 4.74 Å². The molecule has 0 saturated carbocycles. The molecule has 10 heteroatoms. The van der Waals surface area contributed by atoms with Crippen LogP contribution in [0.3, 0.4) is 0 Å². The maximum absolute atomic E-state index is 13.2. The molecule has 1 aliphatic rings. The van der Waals surface area contributed by atoms with E-state index in [1.54, 1.807) is 30.3 Å². The Kier molecular flexibility index (Phi) is 4.60. The summed E-state index contributed by atoms with van der Waals surface area (Å²) in [5.74, 6) is 0. The van der Waals surface area contributed by atoms with Crippen molar-refractivity contribution in [2.75, 3.05) is 19.8 Å². The molecule has 1 saturated heterocycles. The highest BCUT2D eigenvalue weighted by atomic mass is 32.2. The van der Waals surface area contributed by atoms with Crippen molar-refractivity contribution in [3.63, 3.8) is 0 Å². The maximum atomic E-state index is 13.2. The Morgan fingerprint density at radius 3 is 2.56 bits per heavy atom. The SMILES string of the molecule is Cn1cc(S(=O)(=O)N2CCOCC2c2ccccc2)c(C(F)(F)F)n1. The average Bonchev–Trinajstić information content (AvgIpc) is 2.99. The van der Waals surface area contributed by atoms with E-state index >= 15 is 0 Å². The zero-order chi connectivity index (χ0) is 18.2. The van der Waals surface area contributed by atoms with Crippen molar-refractivity contribution in [3.8, 4) is 0 Å². The van der Waals surface area contributed by atoms with Gasteiger partial charge in [-0.1, -0.05) is 30.3 Å². The van der Waals surface area contributed by atoms with E-state index in [1.807, 2.05) is 0 Å². The fourth-order valence-corrected chi connectivity index (χ4v) is 4.56. The van der Waals surface area contributed by atoms with Gasteiger partial charge in [0.1, 0.15) is 4.90 Å². The third-order valence-electron chi connectivity index (χ3n) is 3.91. The van der Waals surface area contributed by atoms with Gasteiger partial charge < -0.3 is 4.74 Å². The summed E-state index contributed by atoms with van der Waals surface area (Å²) in [6.07, 6.45) is -3.98. The van der Waals surface area contributed by atoms with Gasteiger partial charge in [0.25, 0.3) is 0 Å². The number of hydrogen-bond acceptors (Lipinski definition) is 4. The highest BCUT2D eigenvalue weighted by Crippen LogP contribution is 2.37. The van der Waals surface area contributed by atoms with Gasteiger partial charge in [0.05, 0.1) is 19.3 Å². The fraction of sp³-hybridized carbons (Fsp3) is 0.400. The minimum Gasteiger partial charge on any atom is -0.378 e. The number of halogens is 3. The molecule has 1 aromatic heterocycles. The fourth-order valence-electron chi connectivity index (χ4n) is 2.79. The largest absolute Gasteiger partial charge is 0.436 e. The van der Waals surface area contributed by atoms with Crippen LogP contribution in [0, 0.1) is 0 Å². The molecule has 2 aromatic rings. The molecule has 0 spiro atoms. The number of nitrogens with zero attached hydrogens (tertiary/aromatic N) is 3. The Balaban J connectivity index is 2.07. The summed E-state index contributed by atoms with van der Waals surface area (Å²) in [6, 6.07) is 7.99. The second-order valence-corrected chi connectivity index (χ2v) is 7.49. The summed E-state index contributed by atoms with van der Waals surface area (Å²) >= 11 is 0. The predicted molar refractivity (Wildman–Crippen MR) is 82.1 cm³/mol. The van der Waals surface area contributed by atoms with Gasteiger partial charge in [0.2, 0.25) is 10.0 Å². The van der Waals surface area contributed by atoms with E-state index < -0.39 is 32.8 Å². The van der Waals surface area contributed by atoms with Crippen LogP contribution in [-0.4, -0.2) is 42.3 Å². The summed E-state index contributed by atoms with van der Waals surface area (Å²) in [6.45, 7) is 0.156. The topological polar surface area (TPSA) is 64.4 Å². The molecule has 0 N–H and O–H groups in total. The van der Waals surface area contributed by atoms with Crippen LogP contribution in [0.2, 0.25) is 0 Å². The van der Waals surface area contributed by atoms with Crippen LogP contribution in [0.25, 0.3) is 0 Å². The van der Waals surface area contributed by atoms with Crippen LogP contribution < -0.4 is 0 Å². The molecule has 0 aliphatic carbocycles. The number of alkyl halides is 3. The molecule has 136 valence electrons. The van der Waals surface area contributed by atoms with Gasteiger partial charge in [0, 0.05) is 19.8 Å². The predicted octanol–water partition coefficient (Wildman–Crippen LogP) is 2.20.